The zero-order valence-electron chi connectivity index (χ0n) is 15.0. The molecule has 1 aromatic carbocycles. The highest BCUT2D eigenvalue weighted by atomic mass is 127. The minimum atomic E-state index is 0. The molecule has 2 aromatic rings. The molecule has 142 valence electrons. The van der Waals surface area contributed by atoms with Gasteiger partial charge in [0, 0.05) is 38.6 Å². The summed E-state index contributed by atoms with van der Waals surface area (Å²) in [6.45, 7) is 5.68. The lowest BCUT2D eigenvalue weighted by Gasteiger charge is -2.11. The average molecular weight is 471 g/mol. The summed E-state index contributed by atoms with van der Waals surface area (Å²) in [4.78, 5) is 4.61. The van der Waals surface area contributed by atoms with Crippen LogP contribution in [-0.2, 0) is 13.0 Å². The van der Waals surface area contributed by atoms with Crippen LogP contribution in [0.5, 0.6) is 11.5 Å². The van der Waals surface area contributed by atoms with E-state index in [1.54, 1.807) is 6.20 Å². The van der Waals surface area contributed by atoms with E-state index in [9.17, 15) is 0 Å². The number of hydrogen-bond donors (Lipinski definition) is 2. The van der Waals surface area contributed by atoms with Crippen molar-refractivity contribution < 1.29 is 9.47 Å². The van der Waals surface area contributed by atoms with E-state index in [-0.39, 0.29) is 24.0 Å². The fourth-order valence-electron chi connectivity index (χ4n) is 2.62. The van der Waals surface area contributed by atoms with Crippen molar-refractivity contribution in [2.75, 3.05) is 26.4 Å². The summed E-state index contributed by atoms with van der Waals surface area (Å²) in [5.74, 6) is 2.50. The van der Waals surface area contributed by atoms with Gasteiger partial charge in [-0.2, -0.15) is 5.10 Å². The number of halogens is 1. The first kappa shape index (κ1) is 20.3. The van der Waals surface area contributed by atoms with Gasteiger partial charge in [-0.25, -0.2) is 0 Å². The molecular weight excluding hydrogens is 445 g/mol. The summed E-state index contributed by atoms with van der Waals surface area (Å²) < 4.78 is 12.7. The molecule has 1 aromatic heterocycles. The molecule has 3 rings (SSSR count). The molecule has 0 unspecified atom stereocenters. The Morgan fingerprint density at radius 2 is 2.15 bits per heavy atom. The number of aliphatic imine (C=N–C) groups is 1. The lowest BCUT2D eigenvalue weighted by atomic mass is 10.1. The van der Waals surface area contributed by atoms with Crippen molar-refractivity contribution in [2.45, 2.75) is 26.3 Å². The maximum atomic E-state index is 5.42. The molecule has 2 heterocycles. The maximum absolute atomic E-state index is 5.42. The Bertz CT molecular complexity index is 691. The van der Waals surface area contributed by atoms with Crippen LogP contribution in [-0.4, -0.2) is 42.2 Å². The van der Waals surface area contributed by atoms with Crippen molar-refractivity contribution in [3.05, 3.63) is 42.2 Å². The zero-order valence-corrected chi connectivity index (χ0v) is 17.3. The van der Waals surface area contributed by atoms with Gasteiger partial charge in [-0.15, -0.1) is 24.0 Å². The van der Waals surface area contributed by atoms with Gasteiger partial charge < -0.3 is 20.1 Å². The van der Waals surface area contributed by atoms with E-state index in [2.05, 4.69) is 33.7 Å². The third-order valence-corrected chi connectivity index (χ3v) is 3.86. The van der Waals surface area contributed by atoms with Gasteiger partial charge >= 0.3 is 0 Å². The van der Waals surface area contributed by atoms with Crippen LogP contribution in [0.25, 0.3) is 0 Å². The molecular formula is C18H26IN5O2. The minimum Gasteiger partial charge on any atom is -0.454 e. The van der Waals surface area contributed by atoms with Crippen molar-refractivity contribution in [1.29, 1.82) is 0 Å². The summed E-state index contributed by atoms with van der Waals surface area (Å²) in [6, 6.07) is 8.01. The monoisotopic (exact) mass is 471 g/mol. The predicted octanol–water partition coefficient (Wildman–Crippen LogP) is 2.42. The van der Waals surface area contributed by atoms with Crippen LogP contribution in [0, 0.1) is 0 Å². The number of fused-ring (bicyclic) bond motifs is 1. The molecule has 1 aliphatic rings. The molecule has 0 aliphatic carbocycles. The van der Waals surface area contributed by atoms with Crippen molar-refractivity contribution in [2.24, 2.45) is 4.99 Å². The molecule has 0 radical (unpaired) electrons. The molecule has 0 saturated carbocycles. The Balaban J connectivity index is 0.00000243. The summed E-state index contributed by atoms with van der Waals surface area (Å²) >= 11 is 0. The first-order chi connectivity index (χ1) is 12.3. The van der Waals surface area contributed by atoms with Gasteiger partial charge in [0.25, 0.3) is 0 Å². The molecule has 8 heteroatoms. The molecule has 0 fully saturated rings. The maximum Gasteiger partial charge on any atom is 0.231 e. The third-order valence-electron chi connectivity index (χ3n) is 3.86. The van der Waals surface area contributed by atoms with Gasteiger partial charge in [0.1, 0.15) is 0 Å². The summed E-state index contributed by atoms with van der Waals surface area (Å²) in [7, 11) is 0. The first-order valence-corrected chi connectivity index (χ1v) is 8.73. The van der Waals surface area contributed by atoms with Crippen LogP contribution in [0.1, 0.15) is 18.9 Å². The molecule has 0 saturated heterocycles. The van der Waals surface area contributed by atoms with E-state index < -0.39 is 0 Å². The second-order valence-electron chi connectivity index (χ2n) is 5.75. The standard InChI is InChI=1S/C18H25N5O2.HI/c1-2-19-18(20-8-3-11-23-12-4-9-22-23)21-10-7-15-5-6-16-17(13-15)25-14-24-16;/h4-6,9,12-13H,2-3,7-8,10-11,14H2,1H3,(H2,19,20,21);1H. The highest BCUT2D eigenvalue weighted by molar-refractivity contribution is 14.0. The Labute approximate surface area is 171 Å². The summed E-state index contributed by atoms with van der Waals surface area (Å²) in [6.07, 6.45) is 5.62. The van der Waals surface area contributed by atoms with Crippen molar-refractivity contribution >= 4 is 29.9 Å². The zero-order chi connectivity index (χ0) is 17.3. The van der Waals surface area contributed by atoms with Crippen molar-refractivity contribution in [1.82, 2.24) is 20.4 Å². The third kappa shape index (κ3) is 6.08. The Hall–Kier alpha value is -1.97. The molecule has 0 spiro atoms. The van der Waals surface area contributed by atoms with E-state index in [1.807, 2.05) is 29.1 Å². The van der Waals surface area contributed by atoms with Crippen LogP contribution >= 0.6 is 24.0 Å². The number of aryl methyl sites for hydroxylation is 1. The predicted molar refractivity (Wildman–Crippen MR) is 113 cm³/mol. The number of aromatic nitrogens is 2. The van der Waals surface area contributed by atoms with E-state index >= 15 is 0 Å². The first-order valence-electron chi connectivity index (χ1n) is 8.73. The Morgan fingerprint density at radius 3 is 2.96 bits per heavy atom. The SMILES string of the molecule is CCNC(=NCCCn1cccn1)NCCc1ccc2c(c1)OCO2.I. The van der Waals surface area contributed by atoms with E-state index in [0.29, 0.717) is 6.79 Å². The van der Waals surface area contributed by atoms with Crippen LogP contribution in [0.15, 0.2) is 41.7 Å². The molecule has 2 N–H and O–H groups in total. The molecule has 1 aliphatic heterocycles. The Morgan fingerprint density at radius 1 is 1.27 bits per heavy atom. The number of nitrogens with one attached hydrogen (secondary N) is 2. The second kappa shape index (κ2) is 10.9. The van der Waals surface area contributed by atoms with E-state index in [4.69, 9.17) is 9.47 Å². The number of ether oxygens (including phenoxy) is 2. The van der Waals surface area contributed by atoms with Crippen LogP contribution in [0.4, 0.5) is 0 Å². The number of guanidine groups is 1. The summed E-state index contributed by atoms with van der Waals surface area (Å²) in [5.41, 5.74) is 1.21. The fourth-order valence-corrected chi connectivity index (χ4v) is 2.62. The van der Waals surface area contributed by atoms with E-state index in [0.717, 1.165) is 56.5 Å². The average Bonchev–Trinajstić information content (AvgIpc) is 3.29. The van der Waals surface area contributed by atoms with Gasteiger partial charge in [0.15, 0.2) is 17.5 Å². The fraction of sp³-hybridized carbons (Fsp3) is 0.444. The number of benzene rings is 1. The van der Waals surface area contributed by atoms with Crippen LogP contribution < -0.4 is 20.1 Å². The van der Waals surface area contributed by atoms with E-state index in [1.165, 1.54) is 5.56 Å². The Kier molecular flexibility index (Phi) is 8.52. The molecule has 0 amide bonds. The van der Waals surface area contributed by atoms with Crippen LogP contribution in [0.2, 0.25) is 0 Å². The topological polar surface area (TPSA) is 72.7 Å². The number of rotatable bonds is 8. The van der Waals surface area contributed by atoms with Gasteiger partial charge in [-0.1, -0.05) is 6.07 Å². The highest BCUT2D eigenvalue weighted by Crippen LogP contribution is 2.32. The van der Waals surface area contributed by atoms with Crippen LogP contribution in [0.3, 0.4) is 0 Å². The minimum absolute atomic E-state index is 0. The van der Waals surface area contributed by atoms with Crippen molar-refractivity contribution in [3.63, 3.8) is 0 Å². The normalized spacial score (nSPS) is 12.6. The quantitative estimate of drug-likeness (QED) is 0.268. The summed E-state index contributed by atoms with van der Waals surface area (Å²) in [5, 5.41) is 10.8. The molecule has 0 atom stereocenters. The van der Waals surface area contributed by atoms with Gasteiger partial charge in [0.2, 0.25) is 6.79 Å². The number of hydrogen-bond acceptors (Lipinski definition) is 4. The van der Waals surface area contributed by atoms with Gasteiger partial charge in [-0.05, 0) is 43.5 Å². The van der Waals surface area contributed by atoms with Crippen molar-refractivity contribution in [3.8, 4) is 11.5 Å². The lowest BCUT2D eigenvalue weighted by molar-refractivity contribution is 0.174. The molecule has 7 nitrogen and oxygen atoms in total. The second-order valence-corrected chi connectivity index (χ2v) is 5.75. The smallest absolute Gasteiger partial charge is 0.231 e. The van der Waals surface area contributed by atoms with Gasteiger partial charge in [0.05, 0.1) is 0 Å². The lowest BCUT2D eigenvalue weighted by Crippen LogP contribution is -2.38. The highest BCUT2D eigenvalue weighted by Gasteiger charge is 2.12. The molecule has 26 heavy (non-hydrogen) atoms. The molecule has 0 bridgehead atoms. The largest absolute Gasteiger partial charge is 0.454 e. The number of nitrogens with zero attached hydrogens (tertiary/aromatic N) is 3. The van der Waals surface area contributed by atoms with Gasteiger partial charge in [-0.3, -0.25) is 9.67 Å².